The van der Waals surface area contributed by atoms with Gasteiger partial charge < -0.3 is 4.90 Å². The Morgan fingerprint density at radius 2 is 1.75 bits per heavy atom. The van der Waals surface area contributed by atoms with E-state index in [2.05, 4.69) is 18.7 Å². The van der Waals surface area contributed by atoms with Crippen LogP contribution in [0.2, 0.25) is 5.02 Å². The fourth-order valence-corrected chi connectivity index (χ4v) is 5.69. The van der Waals surface area contributed by atoms with Crippen molar-refractivity contribution >= 4 is 27.5 Å². The van der Waals surface area contributed by atoms with Gasteiger partial charge in [-0.2, -0.15) is 4.31 Å². The summed E-state index contributed by atoms with van der Waals surface area (Å²) in [5.74, 6) is 0.458. The van der Waals surface area contributed by atoms with E-state index in [1.54, 1.807) is 12.1 Å². The number of rotatable bonds is 5. The third-order valence-corrected chi connectivity index (χ3v) is 7.62. The van der Waals surface area contributed by atoms with Crippen molar-refractivity contribution in [3.05, 3.63) is 29.3 Å². The second kappa shape index (κ2) is 9.11. The highest BCUT2D eigenvalue weighted by molar-refractivity contribution is 7.89. The number of sulfonamides is 1. The normalized spacial score (nSPS) is 22.6. The zero-order chi connectivity index (χ0) is 20.3. The van der Waals surface area contributed by atoms with Gasteiger partial charge in [0.15, 0.2) is 0 Å². The monoisotopic (exact) mass is 427 g/mol. The molecule has 0 saturated carbocycles. The molecule has 0 spiro atoms. The summed E-state index contributed by atoms with van der Waals surface area (Å²) in [4.78, 5) is 17.5. The number of amides is 1. The highest BCUT2D eigenvalue weighted by Crippen LogP contribution is 2.26. The SMILES string of the molecule is CC(C)CN1CCN(C(=O)C2CCCN(S(=O)(=O)c3ccc(Cl)cc3)C2)CC1. The molecule has 2 heterocycles. The minimum absolute atomic E-state index is 0.0974. The molecule has 0 N–H and O–H groups in total. The molecule has 6 nitrogen and oxygen atoms in total. The summed E-state index contributed by atoms with van der Waals surface area (Å²) in [5.41, 5.74) is 0. The number of piperidine rings is 1. The number of halogens is 1. The van der Waals surface area contributed by atoms with Crippen LogP contribution in [-0.2, 0) is 14.8 Å². The summed E-state index contributed by atoms with van der Waals surface area (Å²) < 4.78 is 27.3. The summed E-state index contributed by atoms with van der Waals surface area (Å²) in [6, 6.07) is 6.21. The highest BCUT2D eigenvalue weighted by Gasteiger charge is 2.35. The lowest BCUT2D eigenvalue weighted by molar-refractivity contribution is -0.138. The van der Waals surface area contributed by atoms with Crippen LogP contribution in [0.4, 0.5) is 0 Å². The number of piperazine rings is 1. The Morgan fingerprint density at radius 1 is 1.11 bits per heavy atom. The third kappa shape index (κ3) is 5.06. The van der Waals surface area contributed by atoms with Crippen LogP contribution in [0.5, 0.6) is 0 Å². The Hall–Kier alpha value is -1.15. The van der Waals surface area contributed by atoms with Gasteiger partial charge in [0.1, 0.15) is 0 Å². The number of hydrogen-bond donors (Lipinski definition) is 0. The predicted molar refractivity (Wildman–Crippen MR) is 111 cm³/mol. The van der Waals surface area contributed by atoms with Crippen LogP contribution in [0.15, 0.2) is 29.2 Å². The first kappa shape index (κ1) is 21.6. The van der Waals surface area contributed by atoms with E-state index in [9.17, 15) is 13.2 Å². The van der Waals surface area contributed by atoms with Gasteiger partial charge in [0, 0.05) is 50.8 Å². The molecule has 2 aliphatic heterocycles. The molecule has 156 valence electrons. The molecular weight excluding hydrogens is 398 g/mol. The number of carbonyl (C=O) groups excluding carboxylic acids is 1. The largest absolute Gasteiger partial charge is 0.340 e. The topological polar surface area (TPSA) is 60.9 Å². The molecule has 1 amide bonds. The Morgan fingerprint density at radius 3 is 2.36 bits per heavy atom. The number of hydrogen-bond acceptors (Lipinski definition) is 4. The maximum absolute atomic E-state index is 13.0. The molecule has 1 aromatic carbocycles. The van der Waals surface area contributed by atoms with E-state index < -0.39 is 10.0 Å². The first-order chi connectivity index (χ1) is 13.3. The van der Waals surface area contributed by atoms with E-state index in [0.29, 0.717) is 23.9 Å². The van der Waals surface area contributed by atoms with Crippen LogP contribution in [0.3, 0.4) is 0 Å². The van der Waals surface area contributed by atoms with E-state index in [0.717, 1.165) is 39.1 Å². The molecule has 2 saturated heterocycles. The van der Waals surface area contributed by atoms with Crippen LogP contribution in [0.25, 0.3) is 0 Å². The van der Waals surface area contributed by atoms with E-state index >= 15 is 0 Å². The molecule has 0 bridgehead atoms. The van der Waals surface area contributed by atoms with Gasteiger partial charge in [0.05, 0.1) is 10.8 Å². The fraction of sp³-hybridized carbons (Fsp3) is 0.650. The van der Waals surface area contributed by atoms with Crippen molar-refractivity contribution in [2.75, 3.05) is 45.8 Å². The molecule has 1 aromatic rings. The standard InChI is InChI=1S/C20H30ClN3O3S/c1-16(2)14-22-10-12-23(13-11-22)20(25)17-4-3-9-24(15-17)28(26,27)19-7-5-18(21)6-8-19/h5-8,16-17H,3-4,9-15H2,1-2H3. The van der Waals surface area contributed by atoms with Crippen molar-refractivity contribution in [1.29, 1.82) is 0 Å². The summed E-state index contributed by atoms with van der Waals surface area (Å²) >= 11 is 5.87. The van der Waals surface area contributed by atoms with Crippen LogP contribution >= 0.6 is 11.6 Å². The van der Waals surface area contributed by atoms with Gasteiger partial charge in [-0.25, -0.2) is 8.42 Å². The van der Waals surface area contributed by atoms with Crippen molar-refractivity contribution in [3.8, 4) is 0 Å². The van der Waals surface area contributed by atoms with Gasteiger partial charge in [0.2, 0.25) is 15.9 Å². The molecule has 0 radical (unpaired) electrons. The van der Waals surface area contributed by atoms with Crippen LogP contribution in [0.1, 0.15) is 26.7 Å². The number of carbonyl (C=O) groups is 1. The molecule has 2 fully saturated rings. The average molecular weight is 428 g/mol. The van der Waals surface area contributed by atoms with E-state index in [4.69, 9.17) is 11.6 Å². The van der Waals surface area contributed by atoms with E-state index in [-0.39, 0.29) is 23.3 Å². The Kier molecular flexibility index (Phi) is 7.02. The quantitative estimate of drug-likeness (QED) is 0.724. The Labute approximate surface area is 173 Å². The maximum Gasteiger partial charge on any atom is 0.243 e. The predicted octanol–water partition coefficient (Wildman–Crippen LogP) is 2.54. The first-order valence-corrected chi connectivity index (χ1v) is 11.9. The Bertz CT molecular complexity index is 774. The summed E-state index contributed by atoms with van der Waals surface area (Å²) in [6.45, 7) is 9.42. The van der Waals surface area contributed by atoms with Crippen molar-refractivity contribution in [1.82, 2.24) is 14.1 Å². The minimum atomic E-state index is -3.60. The average Bonchev–Trinajstić information content (AvgIpc) is 2.68. The van der Waals surface area contributed by atoms with Gasteiger partial charge in [-0.1, -0.05) is 25.4 Å². The van der Waals surface area contributed by atoms with Crippen molar-refractivity contribution < 1.29 is 13.2 Å². The van der Waals surface area contributed by atoms with Crippen LogP contribution in [-0.4, -0.2) is 74.2 Å². The molecule has 0 aliphatic carbocycles. The lowest BCUT2D eigenvalue weighted by atomic mass is 9.97. The third-order valence-electron chi connectivity index (χ3n) is 5.49. The van der Waals surface area contributed by atoms with E-state index in [1.807, 2.05) is 4.90 Å². The molecule has 2 aliphatic rings. The van der Waals surface area contributed by atoms with Crippen LogP contribution in [0, 0.1) is 11.8 Å². The fourth-order valence-electron chi connectivity index (χ4n) is 4.04. The van der Waals surface area contributed by atoms with Crippen molar-refractivity contribution in [2.45, 2.75) is 31.6 Å². The highest BCUT2D eigenvalue weighted by atomic mass is 35.5. The second-order valence-corrected chi connectivity index (χ2v) is 10.6. The van der Waals surface area contributed by atoms with Gasteiger partial charge in [0.25, 0.3) is 0 Å². The second-order valence-electron chi connectivity index (χ2n) is 8.18. The van der Waals surface area contributed by atoms with Gasteiger partial charge in [-0.15, -0.1) is 0 Å². The molecule has 0 aromatic heterocycles. The molecule has 3 rings (SSSR count). The minimum Gasteiger partial charge on any atom is -0.340 e. The molecule has 1 unspecified atom stereocenters. The van der Waals surface area contributed by atoms with Gasteiger partial charge in [-0.05, 0) is 43.0 Å². The molecular formula is C20H30ClN3O3S. The first-order valence-electron chi connectivity index (χ1n) is 10.0. The number of benzene rings is 1. The van der Waals surface area contributed by atoms with E-state index in [1.165, 1.54) is 16.4 Å². The summed E-state index contributed by atoms with van der Waals surface area (Å²) in [7, 11) is -3.60. The zero-order valence-corrected chi connectivity index (χ0v) is 18.3. The summed E-state index contributed by atoms with van der Waals surface area (Å²) in [6.07, 6.45) is 1.45. The van der Waals surface area contributed by atoms with Crippen molar-refractivity contribution in [3.63, 3.8) is 0 Å². The molecule has 28 heavy (non-hydrogen) atoms. The van der Waals surface area contributed by atoms with Crippen molar-refractivity contribution in [2.24, 2.45) is 11.8 Å². The lowest BCUT2D eigenvalue weighted by Crippen LogP contribution is -2.53. The van der Waals surface area contributed by atoms with Gasteiger partial charge >= 0.3 is 0 Å². The maximum atomic E-state index is 13.0. The van der Waals surface area contributed by atoms with Gasteiger partial charge in [-0.3, -0.25) is 9.69 Å². The Balaban J connectivity index is 1.62. The lowest BCUT2D eigenvalue weighted by Gasteiger charge is -2.39. The summed E-state index contributed by atoms with van der Waals surface area (Å²) in [5, 5.41) is 0.502. The van der Waals surface area contributed by atoms with Crippen LogP contribution < -0.4 is 0 Å². The molecule has 1 atom stereocenters. The number of nitrogens with zero attached hydrogens (tertiary/aromatic N) is 3. The molecule has 8 heteroatoms. The smallest absolute Gasteiger partial charge is 0.243 e. The zero-order valence-electron chi connectivity index (χ0n) is 16.7.